The van der Waals surface area contributed by atoms with Crippen LogP contribution in [0, 0.1) is 0 Å². The van der Waals surface area contributed by atoms with Gasteiger partial charge in [0.05, 0.1) is 19.8 Å². The number of aliphatic hydroxyl groups excluding tert-OH is 1. The van der Waals surface area contributed by atoms with E-state index >= 15 is 0 Å². The summed E-state index contributed by atoms with van der Waals surface area (Å²) < 4.78 is 5.08. The highest BCUT2D eigenvalue weighted by Gasteiger charge is 2.12. The Labute approximate surface area is 118 Å². The second kappa shape index (κ2) is 8.52. The summed E-state index contributed by atoms with van der Waals surface area (Å²) >= 11 is 0. The van der Waals surface area contributed by atoms with E-state index in [1.807, 2.05) is 24.3 Å². The van der Waals surface area contributed by atoms with Gasteiger partial charge in [0.2, 0.25) is 0 Å². The number of rotatable bonds is 9. The minimum absolute atomic E-state index is 0.0304. The average Bonchev–Trinajstić information content (AvgIpc) is 2.47. The summed E-state index contributed by atoms with van der Waals surface area (Å²) in [5, 5.41) is 21.2. The zero-order valence-corrected chi connectivity index (χ0v) is 11.6. The highest BCUT2D eigenvalue weighted by Crippen LogP contribution is 2.17. The topological polar surface area (TPSA) is 105 Å². The van der Waals surface area contributed by atoms with Crippen LogP contribution >= 0.6 is 0 Å². The van der Waals surface area contributed by atoms with Gasteiger partial charge in [0, 0.05) is 0 Å². The third-order valence-corrected chi connectivity index (χ3v) is 3.10. The van der Waals surface area contributed by atoms with Crippen LogP contribution in [0.25, 0.3) is 0 Å². The van der Waals surface area contributed by atoms with E-state index in [2.05, 4.69) is 5.32 Å². The van der Waals surface area contributed by atoms with E-state index in [1.54, 1.807) is 7.11 Å². The van der Waals surface area contributed by atoms with Crippen LogP contribution in [0.1, 0.15) is 24.4 Å². The summed E-state index contributed by atoms with van der Waals surface area (Å²) in [5.41, 5.74) is 6.37. The van der Waals surface area contributed by atoms with Crippen molar-refractivity contribution in [2.75, 3.05) is 20.3 Å². The average molecular weight is 282 g/mol. The molecule has 0 unspecified atom stereocenters. The van der Waals surface area contributed by atoms with Crippen LogP contribution in [-0.4, -0.2) is 42.5 Å². The molecular weight excluding hydrogens is 260 g/mol. The van der Waals surface area contributed by atoms with Crippen molar-refractivity contribution in [2.45, 2.75) is 24.9 Å². The highest BCUT2D eigenvalue weighted by molar-refractivity contribution is 5.72. The molecule has 112 valence electrons. The van der Waals surface area contributed by atoms with Gasteiger partial charge in [-0.2, -0.15) is 0 Å². The second-order valence-electron chi connectivity index (χ2n) is 4.55. The molecule has 0 aliphatic heterocycles. The summed E-state index contributed by atoms with van der Waals surface area (Å²) in [7, 11) is 1.60. The van der Waals surface area contributed by atoms with Crippen LogP contribution in [-0.2, 0) is 4.79 Å². The lowest BCUT2D eigenvalue weighted by Crippen LogP contribution is -2.32. The minimum atomic E-state index is -0.987. The Morgan fingerprint density at radius 1 is 1.40 bits per heavy atom. The van der Waals surface area contributed by atoms with E-state index in [0.717, 1.165) is 11.3 Å². The van der Waals surface area contributed by atoms with Crippen molar-refractivity contribution in [3.05, 3.63) is 29.8 Å². The fraction of sp³-hybridized carbons (Fsp3) is 0.500. The van der Waals surface area contributed by atoms with Crippen LogP contribution in [0.4, 0.5) is 0 Å². The highest BCUT2D eigenvalue weighted by atomic mass is 16.5. The molecule has 0 aliphatic carbocycles. The zero-order valence-electron chi connectivity index (χ0n) is 11.6. The number of nitrogens with two attached hydrogens (primary N) is 1. The van der Waals surface area contributed by atoms with Gasteiger partial charge in [-0.15, -0.1) is 0 Å². The predicted molar refractivity (Wildman–Crippen MR) is 75.7 cm³/mol. The molecule has 0 bridgehead atoms. The number of benzene rings is 1. The molecule has 1 rings (SSSR count). The smallest absolute Gasteiger partial charge is 0.320 e. The summed E-state index contributed by atoms with van der Waals surface area (Å²) in [6.07, 6.45) is 1.04. The van der Waals surface area contributed by atoms with Gasteiger partial charge in [-0.3, -0.25) is 4.79 Å². The van der Waals surface area contributed by atoms with Gasteiger partial charge in [-0.25, -0.2) is 0 Å². The van der Waals surface area contributed by atoms with E-state index < -0.39 is 12.0 Å². The van der Waals surface area contributed by atoms with E-state index in [0.29, 0.717) is 19.4 Å². The number of nitrogens with one attached hydrogen (secondary N) is 1. The van der Waals surface area contributed by atoms with Crippen LogP contribution in [0.3, 0.4) is 0 Å². The molecule has 0 heterocycles. The maximum absolute atomic E-state index is 10.6. The van der Waals surface area contributed by atoms with Crippen LogP contribution in [0.15, 0.2) is 24.3 Å². The van der Waals surface area contributed by atoms with E-state index in [1.165, 1.54) is 0 Å². The summed E-state index contributed by atoms with van der Waals surface area (Å²) in [6.45, 7) is 0.565. The molecule has 0 aromatic heterocycles. The van der Waals surface area contributed by atoms with Crippen molar-refractivity contribution in [1.82, 2.24) is 5.32 Å². The lowest BCUT2D eigenvalue weighted by atomic mass is 10.1. The summed E-state index contributed by atoms with van der Waals surface area (Å²) in [4.78, 5) is 10.6. The zero-order chi connectivity index (χ0) is 15.0. The molecule has 0 spiro atoms. The number of hydrogen-bond donors (Lipinski definition) is 4. The number of carbonyl (C=O) groups is 1. The Hall–Kier alpha value is -1.63. The Bertz CT molecular complexity index is 408. The number of carboxylic acids is 1. The van der Waals surface area contributed by atoms with Crippen molar-refractivity contribution in [2.24, 2.45) is 5.73 Å². The monoisotopic (exact) mass is 282 g/mol. The predicted octanol–water partition coefficient (Wildman–Crippen LogP) is 0.510. The van der Waals surface area contributed by atoms with Crippen molar-refractivity contribution >= 4 is 5.97 Å². The first-order valence-corrected chi connectivity index (χ1v) is 6.55. The minimum Gasteiger partial charge on any atom is -0.497 e. The van der Waals surface area contributed by atoms with Gasteiger partial charge in [-0.1, -0.05) is 12.1 Å². The maximum atomic E-state index is 10.6. The summed E-state index contributed by atoms with van der Waals surface area (Å²) in [5.74, 6) is -0.225. The third-order valence-electron chi connectivity index (χ3n) is 3.10. The number of methoxy groups -OCH3 is 1. The van der Waals surface area contributed by atoms with Gasteiger partial charge in [0.25, 0.3) is 0 Å². The molecule has 0 amide bonds. The SMILES string of the molecule is COc1ccc([C@@H](CO)NCCC[C@H](N)C(=O)O)cc1. The van der Waals surface area contributed by atoms with Gasteiger partial charge in [-0.05, 0) is 37.1 Å². The van der Waals surface area contributed by atoms with Crippen molar-refractivity contribution in [1.29, 1.82) is 0 Å². The summed E-state index contributed by atoms with van der Waals surface area (Å²) in [6, 6.07) is 6.43. The lowest BCUT2D eigenvalue weighted by Gasteiger charge is -2.17. The van der Waals surface area contributed by atoms with E-state index in [9.17, 15) is 9.90 Å². The number of aliphatic carboxylic acids is 1. The first-order valence-electron chi connectivity index (χ1n) is 6.55. The van der Waals surface area contributed by atoms with E-state index in [-0.39, 0.29) is 12.6 Å². The van der Waals surface area contributed by atoms with Crippen molar-refractivity contribution in [3.63, 3.8) is 0 Å². The molecule has 0 radical (unpaired) electrons. The Morgan fingerprint density at radius 2 is 2.05 bits per heavy atom. The molecule has 2 atom stereocenters. The molecule has 0 saturated heterocycles. The molecule has 1 aromatic rings. The van der Waals surface area contributed by atoms with Crippen LogP contribution in [0.2, 0.25) is 0 Å². The molecule has 6 heteroatoms. The molecule has 0 fully saturated rings. The number of aliphatic hydroxyl groups is 1. The normalized spacial score (nSPS) is 13.8. The fourth-order valence-corrected chi connectivity index (χ4v) is 1.85. The second-order valence-corrected chi connectivity index (χ2v) is 4.55. The molecule has 0 aliphatic rings. The quantitative estimate of drug-likeness (QED) is 0.492. The van der Waals surface area contributed by atoms with Gasteiger partial charge in [0.15, 0.2) is 0 Å². The molecule has 1 aromatic carbocycles. The first-order chi connectivity index (χ1) is 9.58. The fourth-order valence-electron chi connectivity index (χ4n) is 1.85. The van der Waals surface area contributed by atoms with Crippen LogP contribution in [0.5, 0.6) is 5.75 Å². The lowest BCUT2D eigenvalue weighted by molar-refractivity contribution is -0.138. The molecule has 0 saturated carbocycles. The van der Waals surface area contributed by atoms with Gasteiger partial charge in [0.1, 0.15) is 11.8 Å². The third kappa shape index (κ3) is 5.16. The van der Waals surface area contributed by atoms with Crippen molar-refractivity contribution < 1.29 is 19.7 Å². The Morgan fingerprint density at radius 3 is 2.55 bits per heavy atom. The van der Waals surface area contributed by atoms with Gasteiger partial charge < -0.3 is 26.0 Å². The number of hydrogen-bond acceptors (Lipinski definition) is 5. The van der Waals surface area contributed by atoms with E-state index in [4.69, 9.17) is 15.6 Å². The van der Waals surface area contributed by atoms with Crippen molar-refractivity contribution in [3.8, 4) is 5.75 Å². The number of carboxylic acid groups (broad SMARTS) is 1. The Kier molecular flexibility index (Phi) is 7.00. The molecule has 5 N–H and O–H groups in total. The van der Waals surface area contributed by atoms with Crippen LogP contribution < -0.4 is 15.8 Å². The number of ether oxygens (including phenoxy) is 1. The first kappa shape index (κ1) is 16.4. The molecule has 6 nitrogen and oxygen atoms in total. The standard InChI is InChI=1S/C14H22N2O4/c1-20-11-6-4-10(5-7-11)13(9-17)16-8-2-3-12(15)14(18)19/h4-7,12-13,16-17H,2-3,8-9,15H2,1H3,(H,18,19)/t12-,13+/m0/s1. The Balaban J connectivity index is 2.40. The van der Waals surface area contributed by atoms with Gasteiger partial charge >= 0.3 is 5.97 Å². The maximum Gasteiger partial charge on any atom is 0.320 e. The molecule has 20 heavy (non-hydrogen) atoms. The molecular formula is C14H22N2O4. The largest absolute Gasteiger partial charge is 0.497 e.